The first-order valence-corrected chi connectivity index (χ1v) is 25.1. The van der Waals surface area contributed by atoms with Crippen molar-refractivity contribution in [2.45, 2.75) is 0 Å². The molecular weight excluding hydrogens is 1010 g/mol. The van der Waals surface area contributed by atoms with Crippen molar-refractivity contribution in [3.05, 3.63) is 267 Å². The molecule has 0 aliphatic rings. The molecule has 0 amide bonds. The minimum atomic E-state index is 0.303. The van der Waals surface area contributed by atoms with Gasteiger partial charge in [0.1, 0.15) is 0 Å². The monoisotopic (exact) mass is 1040 g/mol. The van der Waals surface area contributed by atoms with Crippen molar-refractivity contribution in [1.29, 1.82) is 26.3 Å². The fourth-order valence-electron chi connectivity index (χ4n) is 10.9. The molecule has 0 N–H and O–H groups in total. The lowest BCUT2D eigenvalue weighted by Crippen LogP contribution is -1.98. The summed E-state index contributed by atoms with van der Waals surface area (Å²) in [5.41, 5.74) is 14.7. The molecule has 0 bridgehead atoms. The molecule has 12 heteroatoms. The minimum Gasteiger partial charge on any atom is -0.309 e. The molecule has 0 spiro atoms. The van der Waals surface area contributed by atoms with E-state index in [4.69, 9.17) is 32.9 Å². The van der Waals surface area contributed by atoms with E-state index in [0.29, 0.717) is 101 Å². The van der Waals surface area contributed by atoms with Crippen molar-refractivity contribution in [3.8, 4) is 97.4 Å². The first-order valence-electron chi connectivity index (χ1n) is 25.1. The van der Waals surface area contributed by atoms with Crippen molar-refractivity contribution in [2.75, 3.05) is 0 Å². The van der Waals surface area contributed by atoms with Crippen LogP contribution in [0.1, 0.15) is 27.8 Å². The van der Waals surface area contributed by atoms with Crippen LogP contribution in [-0.4, -0.2) is 9.13 Å². The van der Waals surface area contributed by atoms with Crippen molar-refractivity contribution in [1.82, 2.24) is 9.13 Å². The van der Waals surface area contributed by atoms with Crippen LogP contribution in [0.4, 0.5) is 28.4 Å². The fraction of sp³-hybridized carbons (Fsp3) is 0. The number of hydrogen-bond donors (Lipinski definition) is 0. The van der Waals surface area contributed by atoms with Crippen molar-refractivity contribution >= 4 is 72.0 Å². The zero-order chi connectivity index (χ0) is 56.8. The van der Waals surface area contributed by atoms with E-state index in [0.717, 1.165) is 65.9 Å². The Hall–Kier alpha value is -13.3. The maximum absolute atomic E-state index is 10.9. The molecule has 0 aliphatic carbocycles. The second-order valence-electron chi connectivity index (χ2n) is 19.2. The molecule has 2 heterocycles. The van der Waals surface area contributed by atoms with Crippen LogP contribution in [0.15, 0.2) is 182 Å². The van der Waals surface area contributed by atoms with Crippen LogP contribution in [0.3, 0.4) is 0 Å². The minimum absolute atomic E-state index is 0.303. The lowest BCUT2D eigenvalue weighted by molar-refractivity contribution is 1.17. The third kappa shape index (κ3) is 8.44. The maximum atomic E-state index is 10.9. The van der Waals surface area contributed by atoms with Gasteiger partial charge in [0.25, 0.3) is 0 Å². The number of fused-ring (bicyclic) bond motifs is 6. The summed E-state index contributed by atoms with van der Waals surface area (Å²) in [7, 11) is 0. The first kappa shape index (κ1) is 49.6. The Morgan fingerprint density at radius 2 is 0.622 bits per heavy atom. The highest BCUT2D eigenvalue weighted by atomic mass is 15.0. The largest absolute Gasteiger partial charge is 0.309 e. The van der Waals surface area contributed by atoms with E-state index in [-0.39, 0.29) is 0 Å². The Morgan fingerprint density at radius 1 is 0.280 bits per heavy atom. The SMILES string of the molecule is [C-]#[N+]c1cc(C#N)cc(-c2ccc3c(c2)c2cc(-c4cc([N+]#[C-])cc([N+]#[C-])c4)ccc2n3-c2ccc(C#N)c(-c3cc(-n4c5ccc(-c6cc(C#N)cc(C#N)c6)cc5c5cc(-c6cc(C#N)cc([N+]#[C-])c6)ccc54)ccc3[N+]#[C-])c2)c1. The molecule has 10 aromatic carbocycles. The second-order valence-corrected chi connectivity index (χ2v) is 19.2. The highest BCUT2D eigenvalue weighted by molar-refractivity contribution is 6.13. The smallest absolute Gasteiger partial charge is 0.195 e. The summed E-state index contributed by atoms with van der Waals surface area (Å²) in [5.74, 6) is 0. The molecule has 12 nitrogen and oxygen atoms in total. The topological polar surface area (TPSA) is 151 Å². The standard InChI is InChI=1S/C70H30N12/c1-76-54-23-43(38-73)21-51(25-54)46-8-15-67-64(31-46)65-32-48(53-27-56(78-3)33-57(28-53)79-4)10-17-68(65)81(67)58-11-6-49(40-75)60(34-58)61-35-59(12-13-66(61)80-5)82-69-14-7-45(50-19-41(36-71)18-42(20-50)37-72)29-62(69)63-30-47(9-16-70(63)82)52-22-44(39-74)24-55(26-52)77-2/h6-35H. The summed E-state index contributed by atoms with van der Waals surface area (Å²) < 4.78 is 4.17. The molecule has 370 valence electrons. The van der Waals surface area contributed by atoms with E-state index in [1.807, 2.05) is 97.1 Å². The van der Waals surface area contributed by atoms with E-state index in [1.54, 1.807) is 84.9 Å². The average molecular weight is 1040 g/mol. The predicted octanol–water partition coefficient (Wildman–Crippen LogP) is 18.3. The zero-order valence-electron chi connectivity index (χ0n) is 42.7. The molecule has 0 fully saturated rings. The molecule has 82 heavy (non-hydrogen) atoms. The van der Waals surface area contributed by atoms with Crippen molar-refractivity contribution in [3.63, 3.8) is 0 Å². The van der Waals surface area contributed by atoms with Gasteiger partial charge in [0.15, 0.2) is 28.4 Å². The van der Waals surface area contributed by atoms with Crippen LogP contribution in [0.25, 0.3) is 135 Å². The molecular formula is C70H30N12. The van der Waals surface area contributed by atoms with Crippen LogP contribution >= 0.6 is 0 Å². The van der Waals surface area contributed by atoms with Gasteiger partial charge in [0.2, 0.25) is 0 Å². The number of rotatable bonds is 7. The highest BCUT2D eigenvalue weighted by Crippen LogP contribution is 2.44. The maximum Gasteiger partial charge on any atom is 0.195 e. The molecule has 0 unspecified atom stereocenters. The molecule has 0 aliphatic heterocycles. The molecule has 0 radical (unpaired) electrons. The Labute approximate surface area is 469 Å². The predicted molar refractivity (Wildman–Crippen MR) is 317 cm³/mol. The van der Waals surface area contributed by atoms with Gasteiger partial charge in [-0.3, -0.25) is 0 Å². The van der Waals surface area contributed by atoms with Crippen LogP contribution in [0.5, 0.6) is 0 Å². The van der Waals surface area contributed by atoms with E-state index >= 15 is 0 Å². The third-order valence-electron chi connectivity index (χ3n) is 14.6. The molecule has 2 aromatic heterocycles. The van der Waals surface area contributed by atoms with Gasteiger partial charge in [-0.15, -0.1) is 0 Å². The quantitative estimate of drug-likeness (QED) is 0.146. The molecule has 12 aromatic rings. The first-order chi connectivity index (χ1) is 40.1. The number of benzene rings is 10. The van der Waals surface area contributed by atoms with Crippen molar-refractivity contribution < 1.29 is 0 Å². The van der Waals surface area contributed by atoms with Crippen molar-refractivity contribution in [2.24, 2.45) is 0 Å². The number of hydrogen-bond acceptors (Lipinski definition) is 5. The number of aromatic nitrogens is 2. The van der Waals surface area contributed by atoms with Crippen LogP contribution < -0.4 is 0 Å². The van der Waals surface area contributed by atoms with Gasteiger partial charge in [-0.05, 0) is 189 Å². The van der Waals surface area contributed by atoms with Gasteiger partial charge in [-0.1, -0.05) is 48.5 Å². The van der Waals surface area contributed by atoms with Crippen LogP contribution in [0.2, 0.25) is 0 Å². The van der Waals surface area contributed by atoms with Gasteiger partial charge < -0.3 is 9.13 Å². The summed E-state index contributed by atoms with van der Waals surface area (Å²) in [5, 5.41) is 53.7. The summed E-state index contributed by atoms with van der Waals surface area (Å²) >= 11 is 0. The second kappa shape index (κ2) is 20.0. The fourth-order valence-corrected chi connectivity index (χ4v) is 10.9. The van der Waals surface area contributed by atoms with Gasteiger partial charge >= 0.3 is 0 Å². The molecule has 12 rings (SSSR count). The summed E-state index contributed by atoms with van der Waals surface area (Å²) in [6.07, 6.45) is 0. The summed E-state index contributed by atoms with van der Waals surface area (Å²) in [6, 6.07) is 66.0. The van der Waals surface area contributed by atoms with E-state index in [2.05, 4.69) is 63.7 Å². The molecule has 0 saturated heterocycles. The van der Waals surface area contributed by atoms with E-state index < -0.39 is 0 Å². The van der Waals surface area contributed by atoms with Gasteiger partial charge in [0.05, 0.1) is 102 Å². The summed E-state index contributed by atoms with van der Waals surface area (Å²) in [4.78, 5) is 18.5. The van der Waals surface area contributed by atoms with Crippen LogP contribution in [0, 0.1) is 89.5 Å². The highest BCUT2D eigenvalue weighted by Gasteiger charge is 2.22. The summed E-state index contributed by atoms with van der Waals surface area (Å²) in [6.45, 7) is 39.4. The third-order valence-corrected chi connectivity index (χ3v) is 14.6. The Kier molecular flexibility index (Phi) is 12.1. The Morgan fingerprint density at radius 3 is 0.988 bits per heavy atom. The van der Waals surface area contributed by atoms with Gasteiger partial charge in [0, 0.05) is 44.0 Å². The van der Waals surface area contributed by atoms with E-state index in [9.17, 15) is 26.3 Å². The number of nitriles is 5. The lowest BCUT2D eigenvalue weighted by Gasteiger charge is -2.15. The average Bonchev–Trinajstić information content (AvgIpc) is 4.28. The molecule has 0 saturated carbocycles. The van der Waals surface area contributed by atoms with Gasteiger partial charge in [-0.2, -0.15) is 26.3 Å². The Bertz CT molecular complexity index is 4580. The molecule has 0 atom stereocenters. The zero-order valence-corrected chi connectivity index (χ0v) is 42.7. The normalized spacial score (nSPS) is 10.6. The van der Waals surface area contributed by atoms with Gasteiger partial charge in [-0.25, -0.2) is 24.2 Å². The van der Waals surface area contributed by atoms with Crippen LogP contribution in [-0.2, 0) is 0 Å². The van der Waals surface area contributed by atoms with E-state index in [1.165, 1.54) is 0 Å². The number of nitrogens with zero attached hydrogens (tertiary/aromatic N) is 12. The Balaban J connectivity index is 1.07. The lowest BCUT2D eigenvalue weighted by atomic mass is 9.97.